The molecule has 1 aromatic carbocycles. The lowest BCUT2D eigenvalue weighted by molar-refractivity contribution is 0.238. The van der Waals surface area contributed by atoms with Gasteiger partial charge in [0.1, 0.15) is 12.4 Å². The van der Waals surface area contributed by atoms with E-state index < -0.39 is 0 Å². The van der Waals surface area contributed by atoms with Crippen molar-refractivity contribution in [3.8, 4) is 5.75 Å². The van der Waals surface area contributed by atoms with Crippen molar-refractivity contribution >= 4 is 0 Å². The summed E-state index contributed by atoms with van der Waals surface area (Å²) in [6.45, 7) is 11.0. The fraction of sp³-hybridized carbons (Fsp3) is 0.571. The number of nitrogens with two attached hydrogens (primary N) is 1. The van der Waals surface area contributed by atoms with Crippen LogP contribution in [0, 0.1) is 0 Å². The summed E-state index contributed by atoms with van der Waals surface area (Å²) in [6.07, 6.45) is 0. The molecule has 16 heavy (non-hydrogen) atoms. The molecule has 0 fully saturated rings. The maximum atomic E-state index is 5.92. The second-order valence-electron chi connectivity index (χ2n) is 6.02. The van der Waals surface area contributed by atoms with Crippen molar-refractivity contribution in [2.75, 3.05) is 6.61 Å². The third-order valence-electron chi connectivity index (χ3n) is 2.29. The molecule has 0 amide bonds. The minimum Gasteiger partial charge on any atom is -0.491 e. The first-order chi connectivity index (χ1) is 7.20. The lowest BCUT2D eigenvalue weighted by Crippen LogP contribution is -2.39. The van der Waals surface area contributed by atoms with Crippen LogP contribution in [-0.2, 0) is 5.41 Å². The molecular formula is C14H23NO. The van der Waals surface area contributed by atoms with Crippen LogP contribution < -0.4 is 10.5 Å². The van der Waals surface area contributed by atoms with Crippen LogP contribution in [0.3, 0.4) is 0 Å². The second-order valence-corrected chi connectivity index (χ2v) is 6.02. The van der Waals surface area contributed by atoms with E-state index in [2.05, 4.69) is 26.8 Å². The second kappa shape index (κ2) is 4.46. The van der Waals surface area contributed by atoms with Gasteiger partial charge in [0, 0.05) is 5.54 Å². The molecule has 2 nitrogen and oxygen atoms in total. The molecule has 0 unspecified atom stereocenters. The van der Waals surface area contributed by atoms with Gasteiger partial charge in [0.05, 0.1) is 0 Å². The largest absolute Gasteiger partial charge is 0.491 e. The molecule has 0 saturated carbocycles. The van der Waals surface area contributed by atoms with Gasteiger partial charge in [-0.2, -0.15) is 0 Å². The van der Waals surface area contributed by atoms with Crippen LogP contribution in [0.15, 0.2) is 24.3 Å². The van der Waals surface area contributed by atoms with E-state index in [0.717, 1.165) is 5.75 Å². The SMILES string of the molecule is CC(C)(N)COc1ccccc1C(C)(C)C. The van der Waals surface area contributed by atoms with E-state index >= 15 is 0 Å². The summed E-state index contributed by atoms with van der Waals surface area (Å²) in [5, 5.41) is 0. The first kappa shape index (κ1) is 13.0. The van der Waals surface area contributed by atoms with Crippen molar-refractivity contribution in [2.45, 2.75) is 45.6 Å². The first-order valence-corrected chi connectivity index (χ1v) is 5.71. The molecule has 0 atom stereocenters. The summed E-state index contributed by atoms with van der Waals surface area (Å²) in [4.78, 5) is 0. The predicted molar refractivity (Wildman–Crippen MR) is 68.9 cm³/mol. The number of rotatable bonds is 3. The minimum atomic E-state index is -0.301. The Morgan fingerprint density at radius 3 is 2.12 bits per heavy atom. The lowest BCUT2D eigenvalue weighted by Gasteiger charge is -2.25. The van der Waals surface area contributed by atoms with E-state index in [1.54, 1.807) is 0 Å². The van der Waals surface area contributed by atoms with Crippen molar-refractivity contribution < 1.29 is 4.74 Å². The highest BCUT2D eigenvalue weighted by Crippen LogP contribution is 2.31. The summed E-state index contributed by atoms with van der Waals surface area (Å²) in [5.41, 5.74) is 6.93. The van der Waals surface area contributed by atoms with Crippen molar-refractivity contribution in [1.29, 1.82) is 0 Å². The van der Waals surface area contributed by atoms with Crippen molar-refractivity contribution in [3.63, 3.8) is 0 Å². The van der Waals surface area contributed by atoms with Crippen LogP contribution in [0.5, 0.6) is 5.75 Å². The zero-order chi connectivity index (χ0) is 12.4. The minimum absolute atomic E-state index is 0.0926. The Morgan fingerprint density at radius 2 is 1.62 bits per heavy atom. The smallest absolute Gasteiger partial charge is 0.123 e. The van der Waals surface area contributed by atoms with Gasteiger partial charge in [-0.25, -0.2) is 0 Å². The number of hydrogen-bond donors (Lipinski definition) is 1. The molecule has 0 bridgehead atoms. The van der Waals surface area contributed by atoms with Crippen molar-refractivity contribution in [2.24, 2.45) is 5.73 Å². The van der Waals surface area contributed by atoms with E-state index in [9.17, 15) is 0 Å². The highest BCUT2D eigenvalue weighted by molar-refractivity contribution is 5.38. The summed E-state index contributed by atoms with van der Waals surface area (Å²) < 4.78 is 5.80. The molecule has 0 aliphatic carbocycles. The van der Waals surface area contributed by atoms with Gasteiger partial charge in [-0.15, -0.1) is 0 Å². The Balaban J connectivity index is 2.88. The first-order valence-electron chi connectivity index (χ1n) is 5.71. The standard InChI is InChI=1S/C14H23NO/c1-13(2,3)11-8-6-7-9-12(11)16-10-14(4,5)15/h6-9H,10,15H2,1-5H3. The summed E-state index contributed by atoms with van der Waals surface area (Å²) in [7, 11) is 0. The van der Waals surface area contributed by atoms with Crippen molar-refractivity contribution in [3.05, 3.63) is 29.8 Å². The molecule has 0 saturated heterocycles. The van der Waals surface area contributed by atoms with Crippen LogP contribution in [0.25, 0.3) is 0 Å². The van der Waals surface area contributed by atoms with Gasteiger partial charge in [0.25, 0.3) is 0 Å². The Morgan fingerprint density at radius 1 is 1.06 bits per heavy atom. The third kappa shape index (κ3) is 3.86. The Bertz CT molecular complexity index is 344. The Kier molecular flexibility index (Phi) is 3.64. The topological polar surface area (TPSA) is 35.2 Å². The maximum absolute atomic E-state index is 5.92. The summed E-state index contributed by atoms with van der Waals surface area (Å²) in [6, 6.07) is 8.15. The van der Waals surface area contributed by atoms with E-state index in [-0.39, 0.29) is 11.0 Å². The van der Waals surface area contributed by atoms with E-state index in [1.807, 2.05) is 32.0 Å². The van der Waals surface area contributed by atoms with Gasteiger partial charge in [0.15, 0.2) is 0 Å². The van der Waals surface area contributed by atoms with Crippen LogP contribution >= 0.6 is 0 Å². The van der Waals surface area contributed by atoms with E-state index in [0.29, 0.717) is 6.61 Å². The average Bonchev–Trinajstić information content (AvgIpc) is 2.12. The maximum Gasteiger partial charge on any atom is 0.123 e. The number of benzene rings is 1. The van der Waals surface area contributed by atoms with Crippen LogP contribution in [0.2, 0.25) is 0 Å². The van der Waals surface area contributed by atoms with E-state index in [4.69, 9.17) is 10.5 Å². The molecular weight excluding hydrogens is 198 g/mol. The molecule has 2 heteroatoms. The van der Waals surface area contributed by atoms with Gasteiger partial charge in [-0.05, 0) is 30.9 Å². The number of para-hydroxylation sites is 1. The predicted octanol–water partition coefficient (Wildman–Crippen LogP) is 3.10. The molecule has 0 aromatic heterocycles. The van der Waals surface area contributed by atoms with Gasteiger partial charge in [0.2, 0.25) is 0 Å². The van der Waals surface area contributed by atoms with Crippen LogP contribution in [-0.4, -0.2) is 12.1 Å². The molecule has 0 spiro atoms. The average molecular weight is 221 g/mol. The fourth-order valence-electron chi connectivity index (χ4n) is 1.48. The van der Waals surface area contributed by atoms with Gasteiger partial charge in [-0.3, -0.25) is 0 Å². The van der Waals surface area contributed by atoms with Crippen molar-refractivity contribution in [1.82, 2.24) is 0 Å². The molecule has 2 N–H and O–H groups in total. The van der Waals surface area contributed by atoms with Gasteiger partial charge < -0.3 is 10.5 Å². The molecule has 0 radical (unpaired) electrons. The molecule has 1 rings (SSSR count). The third-order valence-corrected chi connectivity index (χ3v) is 2.29. The molecule has 90 valence electrons. The number of ether oxygens (including phenoxy) is 1. The van der Waals surface area contributed by atoms with Gasteiger partial charge >= 0.3 is 0 Å². The molecule has 0 heterocycles. The molecule has 1 aromatic rings. The number of hydrogen-bond acceptors (Lipinski definition) is 2. The summed E-state index contributed by atoms with van der Waals surface area (Å²) >= 11 is 0. The highest BCUT2D eigenvalue weighted by atomic mass is 16.5. The molecule has 0 aliphatic heterocycles. The quantitative estimate of drug-likeness (QED) is 0.851. The fourth-order valence-corrected chi connectivity index (χ4v) is 1.48. The lowest BCUT2D eigenvalue weighted by atomic mass is 9.86. The monoisotopic (exact) mass is 221 g/mol. The zero-order valence-electron chi connectivity index (χ0n) is 11.0. The van der Waals surface area contributed by atoms with Gasteiger partial charge in [-0.1, -0.05) is 39.0 Å². The highest BCUT2D eigenvalue weighted by Gasteiger charge is 2.19. The summed E-state index contributed by atoms with van der Waals surface area (Å²) in [5.74, 6) is 0.938. The zero-order valence-corrected chi connectivity index (χ0v) is 11.0. The van der Waals surface area contributed by atoms with Crippen LogP contribution in [0.1, 0.15) is 40.2 Å². The Hall–Kier alpha value is -1.02. The normalized spacial score (nSPS) is 12.6. The van der Waals surface area contributed by atoms with E-state index in [1.165, 1.54) is 5.56 Å². The van der Waals surface area contributed by atoms with Crippen LogP contribution in [0.4, 0.5) is 0 Å². The Labute approximate surface area is 98.8 Å². The molecule has 0 aliphatic rings.